The van der Waals surface area contributed by atoms with Gasteiger partial charge in [0.05, 0.1) is 11.3 Å². The first-order chi connectivity index (χ1) is 9.90. The lowest BCUT2D eigenvalue weighted by Crippen LogP contribution is -2.38. The van der Waals surface area contributed by atoms with Crippen LogP contribution in [0, 0.1) is 25.7 Å². The average molecular weight is 286 g/mol. The summed E-state index contributed by atoms with van der Waals surface area (Å²) in [5.74, 6) is -0.380. The van der Waals surface area contributed by atoms with E-state index in [1.54, 1.807) is 0 Å². The molecule has 0 saturated heterocycles. The Hall–Kier alpha value is -1.97. The number of hydrogen-bond donors (Lipinski definition) is 1. The van der Waals surface area contributed by atoms with Crippen LogP contribution >= 0.6 is 0 Å². The summed E-state index contributed by atoms with van der Waals surface area (Å²) in [5, 5.41) is 4.69. The van der Waals surface area contributed by atoms with Gasteiger partial charge >= 0.3 is 0 Å². The summed E-state index contributed by atoms with van der Waals surface area (Å²) in [6, 6.07) is 4.04. The van der Waals surface area contributed by atoms with Crippen LogP contribution in [0.25, 0.3) is 6.08 Å². The van der Waals surface area contributed by atoms with Crippen molar-refractivity contribution in [3.8, 4) is 0 Å². The number of carbonyl (C=O) groups is 2. The summed E-state index contributed by atoms with van der Waals surface area (Å²) >= 11 is 0. The molecule has 0 spiro atoms. The van der Waals surface area contributed by atoms with Gasteiger partial charge in [0.2, 0.25) is 5.91 Å². The van der Waals surface area contributed by atoms with E-state index in [1.807, 2.05) is 45.9 Å². The highest BCUT2D eigenvalue weighted by Gasteiger charge is 2.19. The molecule has 0 bridgehead atoms. The molecule has 1 unspecified atom stereocenters. The zero-order valence-corrected chi connectivity index (χ0v) is 13.1. The molecule has 1 aliphatic heterocycles. The van der Waals surface area contributed by atoms with Crippen LogP contribution in [-0.4, -0.2) is 18.4 Å². The summed E-state index contributed by atoms with van der Waals surface area (Å²) in [6.07, 6.45) is 2.59. The van der Waals surface area contributed by atoms with Crippen LogP contribution in [0.1, 0.15) is 31.4 Å². The van der Waals surface area contributed by atoms with Crippen LogP contribution in [0.15, 0.2) is 17.1 Å². The van der Waals surface area contributed by atoms with Gasteiger partial charge in [0, 0.05) is 17.7 Å². The van der Waals surface area contributed by atoms with Crippen molar-refractivity contribution in [2.75, 3.05) is 6.54 Å². The van der Waals surface area contributed by atoms with E-state index in [9.17, 15) is 9.59 Å². The number of amides is 2. The van der Waals surface area contributed by atoms with E-state index in [-0.39, 0.29) is 23.7 Å². The van der Waals surface area contributed by atoms with Gasteiger partial charge in [0.15, 0.2) is 0 Å². The van der Waals surface area contributed by atoms with Gasteiger partial charge in [-0.2, -0.15) is 0 Å². The van der Waals surface area contributed by atoms with Crippen molar-refractivity contribution in [3.05, 3.63) is 33.8 Å². The van der Waals surface area contributed by atoms with Crippen LogP contribution in [0.2, 0.25) is 0 Å². The van der Waals surface area contributed by atoms with Gasteiger partial charge in [-0.15, -0.1) is 0 Å². The topological polar surface area (TPSA) is 58.5 Å². The van der Waals surface area contributed by atoms with Gasteiger partial charge in [-0.25, -0.2) is 4.99 Å². The molecule has 0 fully saturated rings. The minimum absolute atomic E-state index is 0.0163. The predicted molar refractivity (Wildman–Crippen MR) is 82.1 cm³/mol. The normalized spacial score (nSPS) is 17.0. The van der Waals surface area contributed by atoms with Crippen LogP contribution in [0.5, 0.6) is 0 Å². The van der Waals surface area contributed by atoms with Crippen molar-refractivity contribution < 1.29 is 9.59 Å². The second-order valence-corrected chi connectivity index (χ2v) is 5.92. The van der Waals surface area contributed by atoms with Gasteiger partial charge in [-0.1, -0.05) is 32.1 Å². The molecule has 0 saturated carbocycles. The standard InChI is InChI=1S/C17H22N2O2/c1-10(2)16(20)18-8-7-13-9-14-11(3)5-6-12(4)15(14)19-17(13)21/h5-6,9-10,13H,7-8H2,1-4H3,(H,18,20). The van der Waals surface area contributed by atoms with Crippen LogP contribution in [-0.2, 0) is 9.59 Å². The van der Waals surface area contributed by atoms with Crippen molar-refractivity contribution >= 4 is 17.9 Å². The van der Waals surface area contributed by atoms with Crippen LogP contribution in [0.4, 0.5) is 0 Å². The Morgan fingerprint density at radius 2 is 1.95 bits per heavy atom. The lowest BCUT2D eigenvalue weighted by Gasteiger charge is -2.15. The first-order valence-corrected chi connectivity index (χ1v) is 7.38. The summed E-state index contributed by atoms with van der Waals surface area (Å²) in [5.41, 5.74) is 2.15. The summed E-state index contributed by atoms with van der Waals surface area (Å²) < 4.78 is 0. The Labute approximate surface area is 125 Å². The predicted octanol–water partition coefficient (Wildman–Crippen LogP) is 1.02. The zero-order chi connectivity index (χ0) is 15.6. The van der Waals surface area contributed by atoms with E-state index in [2.05, 4.69) is 10.3 Å². The summed E-state index contributed by atoms with van der Waals surface area (Å²) in [6.45, 7) is 8.19. The molecule has 4 heteroatoms. The number of hydrogen-bond acceptors (Lipinski definition) is 2. The molecule has 0 aliphatic carbocycles. The first kappa shape index (κ1) is 15.4. The van der Waals surface area contributed by atoms with Gasteiger partial charge in [0.1, 0.15) is 0 Å². The quantitative estimate of drug-likeness (QED) is 0.898. The molecule has 1 aliphatic rings. The molecule has 4 nitrogen and oxygen atoms in total. The maximum Gasteiger partial charge on any atom is 0.253 e. The van der Waals surface area contributed by atoms with Crippen molar-refractivity contribution in [1.29, 1.82) is 0 Å². The maximum atomic E-state index is 12.1. The summed E-state index contributed by atoms with van der Waals surface area (Å²) in [7, 11) is 0. The largest absolute Gasteiger partial charge is 0.356 e. The fraction of sp³-hybridized carbons (Fsp3) is 0.471. The second kappa shape index (κ2) is 6.20. The number of nitrogens with one attached hydrogen (secondary N) is 1. The lowest BCUT2D eigenvalue weighted by molar-refractivity contribution is -0.124. The monoisotopic (exact) mass is 286 g/mol. The summed E-state index contributed by atoms with van der Waals surface area (Å²) in [4.78, 5) is 27.9. The SMILES string of the molecule is Cc1ccc(C)c2c1=CC(CCNC(=O)C(C)C)C(=O)N=2. The van der Waals surface area contributed by atoms with E-state index >= 15 is 0 Å². The smallest absolute Gasteiger partial charge is 0.253 e. The highest BCUT2D eigenvalue weighted by molar-refractivity contribution is 5.86. The number of carbonyl (C=O) groups excluding carboxylic acids is 2. The molecule has 21 heavy (non-hydrogen) atoms. The first-order valence-electron chi connectivity index (χ1n) is 7.38. The molecule has 1 atom stereocenters. The Balaban J connectivity index is 2.17. The van der Waals surface area contributed by atoms with E-state index in [0.717, 1.165) is 21.7 Å². The second-order valence-electron chi connectivity index (χ2n) is 5.92. The van der Waals surface area contributed by atoms with Crippen molar-refractivity contribution in [2.45, 2.75) is 34.1 Å². The zero-order valence-electron chi connectivity index (χ0n) is 13.1. The third kappa shape index (κ3) is 3.38. The molecular formula is C17H22N2O2. The van der Waals surface area contributed by atoms with Crippen LogP contribution < -0.4 is 15.9 Å². The molecule has 1 aromatic rings. The van der Waals surface area contributed by atoms with Crippen molar-refractivity contribution in [3.63, 3.8) is 0 Å². The number of nitrogens with zero attached hydrogens (tertiary/aromatic N) is 1. The number of aryl methyl sites for hydroxylation is 2. The van der Waals surface area contributed by atoms with Gasteiger partial charge in [-0.3, -0.25) is 9.59 Å². The molecule has 2 amide bonds. The fourth-order valence-corrected chi connectivity index (χ4v) is 2.40. The fourth-order valence-electron chi connectivity index (χ4n) is 2.40. The van der Waals surface area contributed by atoms with E-state index in [1.165, 1.54) is 0 Å². The van der Waals surface area contributed by atoms with Crippen LogP contribution in [0.3, 0.4) is 0 Å². The number of benzene rings is 1. The molecule has 1 N–H and O–H groups in total. The third-order valence-electron chi connectivity index (χ3n) is 3.82. The van der Waals surface area contributed by atoms with Gasteiger partial charge in [0.25, 0.3) is 5.91 Å². The molecule has 112 valence electrons. The maximum absolute atomic E-state index is 12.1. The molecule has 2 rings (SSSR count). The number of rotatable bonds is 4. The third-order valence-corrected chi connectivity index (χ3v) is 3.82. The Kier molecular flexibility index (Phi) is 4.56. The lowest BCUT2D eigenvalue weighted by atomic mass is 9.97. The molecule has 1 aromatic carbocycles. The number of fused-ring (bicyclic) bond motifs is 1. The van der Waals surface area contributed by atoms with Crippen molar-refractivity contribution in [1.82, 2.24) is 5.32 Å². The minimum atomic E-state index is -0.245. The van der Waals surface area contributed by atoms with Gasteiger partial charge < -0.3 is 5.32 Å². The average Bonchev–Trinajstić information content (AvgIpc) is 2.44. The van der Waals surface area contributed by atoms with Crippen molar-refractivity contribution in [2.24, 2.45) is 16.8 Å². The molecular weight excluding hydrogens is 264 g/mol. The highest BCUT2D eigenvalue weighted by atomic mass is 16.2. The van der Waals surface area contributed by atoms with E-state index < -0.39 is 0 Å². The van der Waals surface area contributed by atoms with E-state index in [4.69, 9.17) is 0 Å². The highest BCUT2D eigenvalue weighted by Crippen LogP contribution is 2.10. The molecule has 0 radical (unpaired) electrons. The minimum Gasteiger partial charge on any atom is -0.356 e. The van der Waals surface area contributed by atoms with E-state index in [0.29, 0.717) is 13.0 Å². The molecule has 1 heterocycles. The Morgan fingerprint density at radius 3 is 2.62 bits per heavy atom. The molecule has 0 aromatic heterocycles. The Morgan fingerprint density at radius 1 is 1.29 bits per heavy atom. The van der Waals surface area contributed by atoms with Gasteiger partial charge in [-0.05, 0) is 31.4 Å². The Bertz CT molecular complexity index is 689.